The fourth-order valence-corrected chi connectivity index (χ4v) is 2.68. The predicted molar refractivity (Wildman–Crippen MR) is 80.4 cm³/mol. The number of hydrogen-bond acceptors (Lipinski definition) is 4. The van der Waals surface area contributed by atoms with Crippen LogP contribution in [0.3, 0.4) is 0 Å². The van der Waals surface area contributed by atoms with E-state index in [-0.39, 0.29) is 22.7 Å². The van der Waals surface area contributed by atoms with Crippen molar-refractivity contribution in [3.8, 4) is 5.75 Å². The molecule has 0 saturated heterocycles. The SMILES string of the molecule is O=C(Nc1cccc(=O)[nH]1)c1c(O)c2c([nH]c1=O)CCCC2. The van der Waals surface area contributed by atoms with Crippen LogP contribution in [-0.4, -0.2) is 21.0 Å². The van der Waals surface area contributed by atoms with Crippen LogP contribution in [0.4, 0.5) is 5.82 Å². The maximum absolute atomic E-state index is 12.2. The number of aromatic nitrogens is 2. The summed E-state index contributed by atoms with van der Waals surface area (Å²) >= 11 is 0. The molecule has 0 aromatic carbocycles. The normalized spacial score (nSPS) is 13.5. The van der Waals surface area contributed by atoms with Crippen molar-refractivity contribution >= 4 is 11.7 Å². The van der Waals surface area contributed by atoms with Crippen LogP contribution in [0.15, 0.2) is 27.8 Å². The van der Waals surface area contributed by atoms with Gasteiger partial charge in [-0.3, -0.25) is 14.4 Å². The minimum absolute atomic E-state index is 0.161. The highest BCUT2D eigenvalue weighted by molar-refractivity contribution is 6.05. The van der Waals surface area contributed by atoms with Crippen molar-refractivity contribution in [3.05, 3.63) is 55.7 Å². The molecule has 3 rings (SSSR count). The van der Waals surface area contributed by atoms with Crippen LogP contribution >= 0.6 is 0 Å². The topological polar surface area (TPSA) is 115 Å². The number of rotatable bonds is 2. The van der Waals surface area contributed by atoms with E-state index in [2.05, 4.69) is 15.3 Å². The zero-order valence-electron chi connectivity index (χ0n) is 11.7. The third-order valence-corrected chi connectivity index (χ3v) is 3.73. The van der Waals surface area contributed by atoms with E-state index in [0.717, 1.165) is 12.8 Å². The second-order valence-corrected chi connectivity index (χ2v) is 5.22. The third-order valence-electron chi connectivity index (χ3n) is 3.73. The number of aromatic amines is 2. The Kier molecular flexibility index (Phi) is 3.54. The van der Waals surface area contributed by atoms with Crippen molar-refractivity contribution in [1.82, 2.24) is 9.97 Å². The molecule has 0 fully saturated rings. The Labute approximate surface area is 125 Å². The molecule has 0 atom stereocenters. The molecule has 0 saturated carbocycles. The molecule has 22 heavy (non-hydrogen) atoms. The molecule has 2 heterocycles. The average Bonchev–Trinajstić information content (AvgIpc) is 2.47. The summed E-state index contributed by atoms with van der Waals surface area (Å²) in [5.41, 5.74) is -0.0170. The monoisotopic (exact) mass is 301 g/mol. The standard InChI is InChI=1S/C15H15N3O4/c19-11-7-3-6-10(17-11)18-15(22)12-13(20)8-4-1-2-5-9(8)16-14(12)21/h3,6-7H,1-2,4-5H2,(H2,16,20,21)(H2,17,18,19,22). The number of anilines is 1. The Bertz CT molecular complexity index is 851. The molecule has 7 heteroatoms. The predicted octanol–water partition coefficient (Wildman–Crippen LogP) is 0.900. The van der Waals surface area contributed by atoms with Gasteiger partial charge in [0.05, 0.1) is 0 Å². The first-order valence-corrected chi connectivity index (χ1v) is 7.04. The Morgan fingerprint density at radius 2 is 1.91 bits per heavy atom. The molecular formula is C15H15N3O4. The first kappa shape index (κ1) is 14.1. The molecule has 0 aliphatic heterocycles. The van der Waals surface area contributed by atoms with Gasteiger partial charge < -0.3 is 20.4 Å². The minimum atomic E-state index is -0.756. The molecule has 2 aromatic rings. The largest absolute Gasteiger partial charge is 0.507 e. The van der Waals surface area contributed by atoms with Crippen molar-refractivity contribution in [2.24, 2.45) is 0 Å². The molecule has 7 nitrogen and oxygen atoms in total. The zero-order valence-corrected chi connectivity index (χ0v) is 11.7. The number of aryl methyl sites for hydroxylation is 1. The number of fused-ring (bicyclic) bond motifs is 1. The first-order chi connectivity index (χ1) is 10.6. The average molecular weight is 301 g/mol. The van der Waals surface area contributed by atoms with Crippen LogP contribution in [-0.2, 0) is 12.8 Å². The molecule has 4 N–H and O–H groups in total. The van der Waals surface area contributed by atoms with Crippen LogP contribution in [0.2, 0.25) is 0 Å². The van der Waals surface area contributed by atoms with E-state index in [4.69, 9.17) is 0 Å². The van der Waals surface area contributed by atoms with E-state index in [9.17, 15) is 19.5 Å². The summed E-state index contributed by atoms with van der Waals surface area (Å²) in [6.07, 6.45) is 3.16. The summed E-state index contributed by atoms with van der Waals surface area (Å²) in [5, 5.41) is 12.7. The van der Waals surface area contributed by atoms with Gasteiger partial charge in [0.25, 0.3) is 11.5 Å². The number of aromatic hydroxyl groups is 1. The van der Waals surface area contributed by atoms with Gasteiger partial charge >= 0.3 is 0 Å². The van der Waals surface area contributed by atoms with Crippen molar-refractivity contribution in [3.63, 3.8) is 0 Å². The lowest BCUT2D eigenvalue weighted by Gasteiger charge is -2.18. The number of amides is 1. The summed E-state index contributed by atoms with van der Waals surface area (Å²) in [6, 6.07) is 4.27. The van der Waals surface area contributed by atoms with Crippen molar-refractivity contribution in [2.75, 3.05) is 5.32 Å². The minimum Gasteiger partial charge on any atom is -0.507 e. The van der Waals surface area contributed by atoms with Crippen LogP contribution in [0.5, 0.6) is 5.75 Å². The third kappa shape index (κ3) is 2.52. The molecule has 0 radical (unpaired) electrons. The smallest absolute Gasteiger partial charge is 0.266 e. The number of nitrogens with one attached hydrogen (secondary N) is 3. The van der Waals surface area contributed by atoms with Gasteiger partial charge in [-0.2, -0.15) is 0 Å². The van der Waals surface area contributed by atoms with Crippen molar-refractivity contribution in [1.29, 1.82) is 0 Å². The summed E-state index contributed by atoms with van der Waals surface area (Å²) in [6.45, 7) is 0. The summed E-state index contributed by atoms with van der Waals surface area (Å²) in [4.78, 5) is 40.6. The molecule has 2 aromatic heterocycles. The van der Waals surface area contributed by atoms with Gasteiger partial charge in [0.15, 0.2) is 0 Å². The highest BCUT2D eigenvalue weighted by Crippen LogP contribution is 2.28. The van der Waals surface area contributed by atoms with E-state index in [1.165, 1.54) is 18.2 Å². The van der Waals surface area contributed by atoms with Gasteiger partial charge in [-0.15, -0.1) is 0 Å². The summed E-state index contributed by atoms with van der Waals surface area (Å²) in [7, 11) is 0. The number of hydrogen-bond donors (Lipinski definition) is 4. The van der Waals surface area contributed by atoms with E-state index >= 15 is 0 Å². The lowest BCUT2D eigenvalue weighted by Crippen LogP contribution is -2.27. The second-order valence-electron chi connectivity index (χ2n) is 5.22. The molecule has 1 amide bonds. The van der Waals surface area contributed by atoms with E-state index in [0.29, 0.717) is 24.1 Å². The fraction of sp³-hybridized carbons (Fsp3) is 0.267. The molecule has 0 unspecified atom stereocenters. The van der Waals surface area contributed by atoms with Crippen molar-refractivity contribution < 1.29 is 9.90 Å². The maximum atomic E-state index is 12.2. The zero-order chi connectivity index (χ0) is 15.7. The van der Waals surface area contributed by atoms with Crippen LogP contribution in [0, 0.1) is 0 Å². The fourth-order valence-electron chi connectivity index (χ4n) is 2.68. The first-order valence-electron chi connectivity index (χ1n) is 7.04. The number of H-pyrrole nitrogens is 2. The molecule has 114 valence electrons. The molecule has 1 aliphatic carbocycles. The Balaban J connectivity index is 1.99. The van der Waals surface area contributed by atoms with Crippen LogP contribution in [0.1, 0.15) is 34.5 Å². The van der Waals surface area contributed by atoms with Gasteiger partial charge in [0.2, 0.25) is 5.56 Å². The lowest BCUT2D eigenvalue weighted by atomic mass is 9.93. The summed E-state index contributed by atoms with van der Waals surface area (Å²) < 4.78 is 0. The van der Waals surface area contributed by atoms with Crippen LogP contribution in [0.25, 0.3) is 0 Å². The highest BCUT2D eigenvalue weighted by Gasteiger charge is 2.24. The van der Waals surface area contributed by atoms with E-state index in [1.54, 1.807) is 0 Å². The van der Waals surface area contributed by atoms with Gasteiger partial charge in [-0.05, 0) is 31.7 Å². The summed E-state index contributed by atoms with van der Waals surface area (Å²) in [5.74, 6) is -0.864. The highest BCUT2D eigenvalue weighted by atomic mass is 16.3. The Morgan fingerprint density at radius 1 is 1.14 bits per heavy atom. The van der Waals surface area contributed by atoms with Gasteiger partial charge in [0.1, 0.15) is 17.1 Å². The Hall–Kier alpha value is -2.83. The van der Waals surface area contributed by atoms with Gasteiger partial charge in [-0.1, -0.05) is 6.07 Å². The van der Waals surface area contributed by atoms with E-state index in [1.807, 2.05) is 0 Å². The quantitative estimate of drug-likeness (QED) is 0.659. The second kappa shape index (κ2) is 5.51. The molecule has 0 bridgehead atoms. The number of pyridine rings is 2. The van der Waals surface area contributed by atoms with Gasteiger partial charge in [0, 0.05) is 17.3 Å². The molecular weight excluding hydrogens is 286 g/mol. The molecule has 0 spiro atoms. The van der Waals surface area contributed by atoms with Gasteiger partial charge in [-0.25, -0.2) is 0 Å². The molecule has 1 aliphatic rings. The van der Waals surface area contributed by atoms with Crippen LogP contribution < -0.4 is 16.4 Å². The van der Waals surface area contributed by atoms with Crippen molar-refractivity contribution in [2.45, 2.75) is 25.7 Å². The Morgan fingerprint density at radius 3 is 2.68 bits per heavy atom. The maximum Gasteiger partial charge on any atom is 0.266 e. The van der Waals surface area contributed by atoms with E-state index < -0.39 is 11.5 Å². The lowest BCUT2D eigenvalue weighted by molar-refractivity contribution is 0.102. The number of carbonyl (C=O) groups is 1. The number of carbonyl (C=O) groups excluding carboxylic acids is 1.